The van der Waals surface area contributed by atoms with Gasteiger partial charge in [0.25, 0.3) is 0 Å². The number of hydrogen-bond donors (Lipinski definition) is 5. The molecule has 0 fully saturated rings. The molecule has 0 aliphatic rings. The van der Waals surface area contributed by atoms with Crippen LogP contribution in [0.5, 0.6) is 0 Å². The van der Waals surface area contributed by atoms with Crippen LogP contribution >= 0.6 is 0 Å². The van der Waals surface area contributed by atoms with Crippen LogP contribution in [-0.4, -0.2) is 38.0 Å². The number of para-hydroxylation sites is 1. The van der Waals surface area contributed by atoms with Gasteiger partial charge in [-0.05, 0) is 18.1 Å². The first-order valence-electron chi connectivity index (χ1n) is 6.33. The van der Waals surface area contributed by atoms with Gasteiger partial charge in [-0.3, -0.25) is 10.5 Å². The summed E-state index contributed by atoms with van der Waals surface area (Å²) < 4.78 is 0. The lowest BCUT2D eigenvalue weighted by Gasteiger charge is -2.22. The third-order valence-electron chi connectivity index (χ3n) is 3.42. The summed E-state index contributed by atoms with van der Waals surface area (Å²) in [5.74, 6) is -3.95. The van der Waals surface area contributed by atoms with Gasteiger partial charge in [-0.1, -0.05) is 18.2 Å². The Morgan fingerprint density at radius 2 is 1.95 bits per heavy atom. The van der Waals surface area contributed by atoms with Crippen LogP contribution in [-0.2, 0) is 16.0 Å². The molecule has 0 aliphatic heterocycles. The van der Waals surface area contributed by atoms with Gasteiger partial charge in [-0.15, -0.1) is 0 Å². The molecule has 0 aliphatic carbocycles. The Morgan fingerprint density at radius 1 is 1.29 bits per heavy atom. The van der Waals surface area contributed by atoms with E-state index in [1.807, 2.05) is 24.3 Å². The van der Waals surface area contributed by atoms with Crippen molar-refractivity contribution in [2.75, 3.05) is 0 Å². The molecular formula is C14H16N2O5. The minimum atomic E-state index is -2.56. The van der Waals surface area contributed by atoms with Gasteiger partial charge in [0, 0.05) is 23.5 Å². The van der Waals surface area contributed by atoms with E-state index in [2.05, 4.69) is 4.98 Å². The van der Waals surface area contributed by atoms with Gasteiger partial charge in [-0.25, -0.2) is 4.79 Å². The van der Waals surface area contributed by atoms with E-state index >= 15 is 0 Å². The number of H-pyrrole nitrogens is 1. The lowest BCUT2D eigenvalue weighted by Crippen LogP contribution is -2.50. The highest BCUT2D eigenvalue weighted by atomic mass is 16.4. The van der Waals surface area contributed by atoms with E-state index in [1.54, 1.807) is 6.20 Å². The number of aliphatic carboxylic acids is 2. The highest BCUT2D eigenvalue weighted by Crippen LogP contribution is 2.24. The standard InChI is InChI=1S/C14H16N2O5/c15-14(21,13(19)20)6-8(12(17)18)5-9-7-16-11-4-2-1-3-10(9)11/h1-4,7-8,16,21H,5-6,15H2,(H,17,18)(H,19,20). The van der Waals surface area contributed by atoms with Crippen molar-refractivity contribution in [1.82, 2.24) is 4.98 Å². The summed E-state index contributed by atoms with van der Waals surface area (Å²) in [6, 6.07) is 7.36. The van der Waals surface area contributed by atoms with Gasteiger partial charge < -0.3 is 20.3 Å². The zero-order chi connectivity index (χ0) is 15.6. The predicted octanol–water partition coefficient (Wildman–Crippen LogP) is 0.533. The van der Waals surface area contributed by atoms with Crippen molar-refractivity contribution in [3.8, 4) is 0 Å². The molecule has 1 heterocycles. The molecule has 2 atom stereocenters. The fourth-order valence-corrected chi connectivity index (χ4v) is 2.28. The molecule has 0 amide bonds. The summed E-state index contributed by atoms with van der Waals surface area (Å²) in [6.45, 7) is 0. The molecule has 2 rings (SSSR count). The molecule has 1 aromatic heterocycles. The van der Waals surface area contributed by atoms with E-state index in [-0.39, 0.29) is 6.42 Å². The van der Waals surface area contributed by atoms with E-state index in [0.29, 0.717) is 0 Å². The first-order valence-corrected chi connectivity index (χ1v) is 6.33. The van der Waals surface area contributed by atoms with Crippen LogP contribution in [0.3, 0.4) is 0 Å². The van der Waals surface area contributed by atoms with Crippen LogP contribution in [0.1, 0.15) is 12.0 Å². The third-order valence-corrected chi connectivity index (χ3v) is 3.42. The van der Waals surface area contributed by atoms with E-state index in [0.717, 1.165) is 16.5 Å². The van der Waals surface area contributed by atoms with Gasteiger partial charge in [0.05, 0.1) is 5.92 Å². The SMILES string of the molecule is NC(O)(CC(Cc1c[nH]c2ccccc12)C(=O)O)C(=O)O. The minimum Gasteiger partial charge on any atom is -0.481 e. The summed E-state index contributed by atoms with van der Waals surface area (Å²) in [6.07, 6.45) is 1.18. The molecule has 21 heavy (non-hydrogen) atoms. The molecule has 6 N–H and O–H groups in total. The second-order valence-electron chi connectivity index (χ2n) is 5.03. The average Bonchev–Trinajstić information content (AvgIpc) is 2.81. The number of carboxylic acid groups (broad SMARTS) is 2. The van der Waals surface area contributed by atoms with Crippen LogP contribution in [0.25, 0.3) is 10.9 Å². The zero-order valence-corrected chi connectivity index (χ0v) is 11.1. The third kappa shape index (κ3) is 3.21. The fourth-order valence-electron chi connectivity index (χ4n) is 2.28. The number of carboxylic acids is 2. The maximum Gasteiger partial charge on any atom is 0.351 e. The van der Waals surface area contributed by atoms with Crippen molar-refractivity contribution in [2.45, 2.75) is 18.6 Å². The van der Waals surface area contributed by atoms with E-state index in [4.69, 9.17) is 10.8 Å². The Bertz CT molecular complexity index is 677. The molecule has 7 heteroatoms. The number of nitrogens with one attached hydrogen (secondary N) is 1. The maximum absolute atomic E-state index is 11.3. The number of carbonyl (C=O) groups is 2. The normalized spacial score (nSPS) is 15.5. The summed E-state index contributed by atoms with van der Waals surface area (Å²) in [4.78, 5) is 25.1. The summed E-state index contributed by atoms with van der Waals surface area (Å²) in [5, 5.41) is 28.4. The largest absolute Gasteiger partial charge is 0.481 e. The number of aliphatic hydroxyl groups is 1. The Labute approximate surface area is 120 Å². The van der Waals surface area contributed by atoms with Gasteiger partial charge >= 0.3 is 11.9 Å². The first-order chi connectivity index (χ1) is 9.81. The quantitative estimate of drug-likeness (QED) is 0.493. The molecule has 0 bridgehead atoms. The van der Waals surface area contributed by atoms with Crippen molar-refractivity contribution in [2.24, 2.45) is 11.7 Å². The van der Waals surface area contributed by atoms with Crippen molar-refractivity contribution >= 4 is 22.8 Å². The van der Waals surface area contributed by atoms with Crippen LogP contribution in [0.15, 0.2) is 30.5 Å². The Morgan fingerprint density at radius 3 is 2.57 bits per heavy atom. The number of nitrogens with two attached hydrogens (primary N) is 1. The molecule has 7 nitrogen and oxygen atoms in total. The Kier molecular flexibility index (Phi) is 3.97. The van der Waals surface area contributed by atoms with Crippen molar-refractivity contribution in [3.05, 3.63) is 36.0 Å². The number of benzene rings is 1. The van der Waals surface area contributed by atoms with Gasteiger partial charge in [0.15, 0.2) is 0 Å². The monoisotopic (exact) mass is 292 g/mol. The van der Waals surface area contributed by atoms with Crippen molar-refractivity contribution < 1.29 is 24.9 Å². The zero-order valence-electron chi connectivity index (χ0n) is 11.1. The summed E-state index contributed by atoms with van der Waals surface area (Å²) >= 11 is 0. The smallest absolute Gasteiger partial charge is 0.351 e. The number of rotatable bonds is 6. The second-order valence-corrected chi connectivity index (χ2v) is 5.03. The first kappa shape index (κ1) is 15.0. The Hall–Kier alpha value is -2.38. The van der Waals surface area contributed by atoms with Gasteiger partial charge in [0.2, 0.25) is 5.72 Å². The topological polar surface area (TPSA) is 137 Å². The van der Waals surface area contributed by atoms with E-state index in [9.17, 15) is 19.8 Å². The highest BCUT2D eigenvalue weighted by molar-refractivity contribution is 5.84. The van der Waals surface area contributed by atoms with E-state index < -0.39 is 30.0 Å². The molecule has 0 saturated heterocycles. The number of hydrogen-bond acceptors (Lipinski definition) is 4. The van der Waals surface area contributed by atoms with Gasteiger partial charge in [-0.2, -0.15) is 0 Å². The fraction of sp³-hybridized carbons (Fsp3) is 0.286. The summed E-state index contributed by atoms with van der Waals surface area (Å²) in [7, 11) is 0. The summed E-state index contributed by atoms with van der Waals surface area (Å²) in [5.41, 5.74) is 4.26. The van der Waals surface area contributed by atoms with Gasteiger partial charge in [0.1, 0.15) is 0 Å². The Balaban J connectivity index is 2.25. The van der Waals surface area contributed by atoms with Crippen LogP contribution in [0, 0.1) is 5.92 Å². The molecular weight excluding hydrogens is 276 g/mol. The molecule has 1 aromatic carbocycles. The van der Waals surface area contributed by atoms with Crippen LogP contribution < -0.4 is 5.73 Å². The van der Waals surface area contributed by atoms with Crippen molar-refractivity contribution in [1.29, 1.82) is 0 Å². The second kappa shape index (κ2) is 5.55. The highest BCUT2D eigenvalue weighted by Gasteiger charge is 2.37. The van der Waals surface area contributed by atoms with Crippen LogP contribution in [0.4, 0.5) is 0 Å². The lowest BCUT2D eigenvalue weighted by molar-refractivity contribution is -0.162. The molecule has 0 saturated carbocycles. The molecule has 0 radical (unpaired) electrons. The predicted molar refractivity (Wildman–Crippen MR) is 74.5 cm³/mol. The molecule has 2 aromatic rings. The number of aromatic amines is 1. The lowest BCUT2D eigenvalue weighted by atomic mass is 9.91. The molecule has 0 spiro atoms. The minimum absolute atomic E-state index is 0.0755. The van der Waals surface area contributed by atoms with E-state index in [1.165, 1.54) is 0 Å². The maximum atomic E-state index is 11.3. The molecule has 112 valence electrons. The average molecular weight is 292 g/mol. The number of fused-ring (bicyclic) bond motifs is 1. The van der Waals surface area contributed by atoms with Crippen molar-refractivity contribution in [3.63, 3.8) is 0 Å². The van der Waals surface area contributed by atoms with Crippen LogP contribution in [0.2, 0.25) is 0 Å². The number of aromatic nitrogens is 1. The molecule has 2 unspecified atom stereocenters.